The lowest BCUT2D eigenvalue weighted by Gasteiger charge is -2.40. The Bertz CT molecular complexity index is 251. The lowest BCUT2D eigenvalue weighted by molar-refractivity contribution is 0.101. The number of carbonyl (C=O) groups is 1. The van der Waals surface area contributed by atoms with Crippen molar-refractivity contribution < 1.29 is 9.53 Å². The first kappa shape index (κ1) is 10.7. The minimum Gasteiger partial charge on any atom is -0.447 e. The number of amides is 1. The number of likely N-dealkylation sites (N-methyl/N-ethyl adjacent to an activating group) is 1. The molecule has 2 aliphatic heterocycles. The molecule has 4 heteroatoms. The zero-order valence-corrected chi connectivity index (χ0v) is 9.58. The third-order valence-corrected chi connectivity index (χ3v) is 3.82. The summed E-state index contributed by atoms with van der Waals surface area (Å²) in [5.74, 6) is 0.526. The maximum Gasteiger partial charge on any atom is 0.410 e. The molecule has 0 radical (unpaired) electrons. The van der Waals surface area contributed by atoms with E-state index >= 15 is 0 Å². The lowest BCUT2D eigenvalue weighted by atomic mass is 9.80. The van der Waals surface area contributed by atoms with Crippen LogP contribution in [0.15, 0.2) is 0 Å². The first-order chi connectivity index (χ1) is 7.18. The predicted molar refractivity (Wildman–Crippen MR) is 57.7 cm³/mol. The van der Waals surface area contributed by atoms with E-state index in [0.29, 0.717) is 12.5 Å². The van der Waals surface area contributed by atoms with Gasteiger partial charge in [-0.2, -0.15) is 0 Å². The number of carbonyl (C=O) groups excluding carboxylic acids is 1. The van der Waals surface area contributed by atoms with E-state index in [0.717, 1.165) is 19.6 Å². The van der Waals surface area contributed by atoms with Gasteiger partial charge in [0.25, 0.3) is 0 Å². The number of nitrogens with zero attached hydrogens (tertiary/aromatic N) is 1. The molecule has 0 saturated carbocycles. The molecule has 86 valence electrons. The average Bonchev–Trinajstić information content (AvgIpc) is 2.57. The average molecular weight is 212 g/mol. The fraction of sp³-hybridized carbons (Fsp3) is 0.909. The van der Waals surface area contributed by atoms with Crippen molar-refractivity contribution in [2.24, 2.45) is 5.92 Å². The van der Waals surface area contributed by atoms with Crippen molar-refractivity contribution in [2.75, 3.05) is 26.2 Å². The van der Waals surface area contributed by atoms with Crippen LogP contribution in [-0.2, 0) is 4.74 Å². The van der Waals surface area contributed by atoms with Crippen LogP contribution >= 0.6 is 0 Å². The lowest BCUT2D eigenvalue weighted by Crippen LogP contribution is -2.54. The summed E-state index contributed by atoms with van der Waals surface area (Å²) < 4.78 is 5.18. The second kappa shape index (κ2) is 4.00. The summed E-state index contributed by atoms with van der Waals surface area (Å²) in [6.45, 7) is 7.56. The Labute approximate surface area is 91.0 Å². The van der Waals surface area contributed by atoms with Gasteiger partial charge in [0.05, 0.1) is 5.54 Å². The van der Waals surface area contributed by atoms with Gasteiger partial charge in [0, 0.05) is 13.1 Å². The quantitative estimate of drug-likeness (QED) is 0.748. The van der Waals surface area contributed by atoms with E-state index in [-0.39, 0.29) is 11.6 Å². The molecule has 2 saturated heterocycles. The predicted octanol–water partition coefficient (Wildman–Crippen LogP) is 1.22. The molecule has 2 rings (SSSR count). The van der Waals surface area contributed by atoms with Crippen molar-refractivity contribution in [3.05, 3.63) is 0 Å². The van der Waals surface area contributed by atoms with Crippen molar-refractivity contribution in [1.82, 2.24) is 10.2 Å². The molecule has 2 aliphatic rings. The smallest absolute Gasteiger partial charge is 0.410 e. The van der Waals surface area contributed by atoms with E-state index in [1.165, 1.54) is 12.8 Å². The highest BCUT2D eigenvalue weighted by molar-refractivity contribution is 5.71. The molecular weight excluding hydrogens is 192 g/mol. The van der Waals surface area contributed by atoms with Gasteiger partial charge in [0.15, 0.2) is 0 Å². The Kier molecular flexibility index (Phi) is 2.87. The molecule has 1 amide bonds. The minimum atomic E-state index is -0.148. The molecule has 0 aromatic heterocycles. The van der Waals surface area contributed by atoms with Crippen LogP contribution < -0.4 is 5.32 Å². The number of cyclic esters (lactones) is 1. The highest BCUT2D eigenvalue weighted by Crippen LogP contribution is 2.34. The Morgan fingerprint density at radius 3 is 3.07 bits per heavy atom. The van der Waals surface area contributed by atoms with Gasteiger partial charge in [-0.3, -0.25) is 4.90 Å². The van der Waals surface area contributed by atoms with Gasteiger partial charge in [-0.1, -0.05) is 0 Å². The second-order valence-electron chi connectivity index (χ2n) is 4.70. The summed E-state index contributed by atoms with van der Waals surface area (Å²) in [6, 6.07) is 0. The van der Waals surface area contributed by atoms with Gasteiger partial charge < -0.3 is 10.1 Å². The molecule has 2 fully saturated rings. The normalized spacial score (nSPS) is 36.8. The summed E-state index contributed by atoms with van der Waals surface area (Å²) in [6.07, 6.45) is 2.24. The minimum absolute atomic E-state index is 0.0980. The monoisotopic (exact) mass is 212 g/mol. The molecule has 4 nitrogen and oxygen atoms in total. The summed E-state index contributed by atoms with van der Waals surface area (Å²) in [4.78, 5) is 13.4. The second-order valence-corrected chi connectivity index (χ2v) is 4.70. The summed E-state index contributed by atoms with van der Waals surface area (Å²) >= 11 is 0. The Balaban J connectivity index is 2.13. The van der Waals surface area contributed by atoms with Gasteiger partial charge in [0.2, 0.25) is 0 Å². The molecule has 15 heavy (non-hydrogen) atoms. The number of rotatable bonds is 2. The summed E-state index contributed by atoms with van der Waals surface area (Å²) in [7, 11) is 0. The van der Waals surface area contributed by atoms with E-state index in [1.54, 1.807) is 0 Å². The van der Waals surface area contributed by atoms with Gasteiger partial charge in [-0.15, -0.1) is 0 Å². The molecule has 2 heterocycles. The largest absolute Gasteiger partial charge is 0.447 e. The van der Waals surface area contributed by atoms with E-state index in [1.807, 2.05) is 11.8 Å². The molecule has 2 atom stereocenters. The first-order valence-corrected chi connectivity index (χ1v) is 5.83. The van der Waals surface area contributed by atoms with Crippen molar-refractivity contribution in [1.29, 1.82) is 0 Å². The van der Waals surface area contributed by atoms with Gasteiger partial charge in [-0.05, 0) is 39.2 Å². The molecule has 0 aromatic rings. The van der Waals surface area contributed by atoms with E-state index in [4.69, 9.17) is 4.74 Å². The Morgan fingerprint density at radius 1 is 1.67 bits per heavy atom. The van der Waals surface area contributed by atoms with Gasteiger partial charge in [0.1, 0.15) is 6.61 Å². The fourth-order valence-electron chi connectivity index (χ4n) is 2.78. The maximum absolute atomic E-state index is 11.5. The third kappa shape index (κ3) is 1.71. The van der Waals surface area contributed by atoms with Crippen LogP contribution in [-0.4, -0.2) is 42.8 Å². The fourth-order valence-corrected chi connectivity index (χ4v) is 2.78. The number of ether oxygens (including phenoxy) is 1. The molecule has 0 spiro atoms. The Morgan fingerprint density at radius 2 is 2.47 bits per heavy atom. The molecule has 0 bridgehead atoms. The summed E-state index contributed by atoms with van der Waals surface area (Å²) in [5, 5.41) is 3.40. The van der Waals surface area contributed by atoms with E-state index < -0.39 is 0 Å². The topological polar surface area (TPSA) is 41.6 Å². The maximum atomic E-state index is 11.5. The molecule has 1 N–H and O–H groups in total. The van der Waals surface area contributed by atoms with E-state index in [2.05, 4.69) is 12.2 Å². The van der Waals surface area contributed by atoms with Gasteiger partial charge in [-0.25, -0.2) is 4.79 Å². The van der Waals surface area contributed by atoms with Crippen LogP contribution in [0.5, 0.6) is 0 Å². The van der Waals surface area contributed by atoms with Crippen LogP contribution in [0.2, 0.25) is 0 Å². The van der Waals surface area contributed by atoms with Crippen molar-refractivity contribution in [3.8, 4) is 0 Å². The van der Waals surface area contributed by atoms with E-state index in [9.17, 15) is 4.79 Å². The van der Waals surface area contributed by atoms with Crippen LogP contribution in [0.3, 0.4) is 0 Å². The SMILES string of the molecule is CCN1C(=O)OCC1(C)C1CCCNC1. The molecular formula is C11H20N2O2. The zero-order valence-electron chi connectivity index (χ0n) is 9.58. The number of hydrogen-bond acceptors (Lipinski definition) is 3. The van der Waals surface area contributed by atoms with Crippen LogP contribution in [0.25, 0.3) is 0 Å². The van der Waals surface area contributed by atoms with Crippen molar-refractivity contribution >= 4 is 6.09 Å². The number of piperidine rings is 1. The highest BCUT2D eigenvalue weighted by atomic mass is 16.6. The zero-order chi connectivity index (χ0) is 10.9. The van der Waals surface area contributed by atoms with Gasteiger partial charge >= 0.3 is 6.09 Å². The molecule has 2 unspecified atom stereocenters. The molecule has 0 aromatic carbocycles. The van der Waals surface area contributed by atoms with Crippen LogP contribution in [0.1, 0.15) is 26.7 Å². The standard InChI is InChI=1S/C11H20N2O2/c1-3-13-10(14)15-8-11(13,2)9-5-4-6-12-7-9/h9,12H,3-8H2,1-2H3. The first-order valence-electron chi connectivity index (χ1n) is 5.83. The van der Waals surface area contributed by atoms with Crippen LogP contribution in [0.4, 0.5) is 4.79 Å². The van der Waals surface area contributed by atoms with Crippen LogP contribution in [0, 0.1) is 5.92 Å². The van der Waals surface area contributed by atoms with Crippen molar-refractivity contribution in [3.63, 3.8) is 0 Å². The third-order valence-electron chi connectivity index (χ3n) is 3.82. The highest BCUT2D eigenvalue weighted by Gasteiger charge is 2.48. The summed E-state index contributed by atoms with van der Waals surface area (Å²) in [5.41, 5.74) is -0.0980. The Hall–Kier alpha value is -0.770. The molecule has 0 aliphatic carbocycles. The van der Waals surface area contributed by atoms with Crippen molar-refractivity contribution in [2.45, 2.75) is 32.2 Å². The number of nitrogens with one attached hydrogen (secondary N) is 1. The number of hydrogen-bond donors (Lipinski definition) is 1.